The molecule has 0 radical (unpaired) electrons. The van der Waals surface area contributed by atoms with E-state index in [4.69, 9.17) is 4.74 Å². The van der Waals surface area contributed by atoms with Crippen LogP contribution in [0.5, 0.6) is 5.75 Å². The van der Waals surface area contributed by atoms with E-state index < -0.39 is 0 Å². The first-order valence-corrected chi connectivity index (χ1v) is 6.76. The highest BCUT2D eigenvalue weighted by Crippen LogP contribution is 2.41. The number of carbonyl (C=O) groups is 1. The van der Waals surface area contributed by atoms with Crippen molar-refractivity contribution in [3.05, 3.63) is 65.2 Å². The van der Waals surface area contributed by atoms with Crippen molar-refractivity contribution >= 4 is 5.97 Å². The van der Waals surface area contributed by atoms with Crippen molar-refractivity contribution < 1.29 is 9.53 Å². The van der Waals surface area contributed by atoms with E-state index in [2.05, 4.69) is 18.2 Å². The zero-order valence-corrected chi connectivity index (χ0v) is 11.6. The molecule has 1 aliphatic carbocycles. The van der Waals surface area contributed by atoms with E-state index in [0.717, 1.165) is 12.0 Å². The highest BCUT2D eigenvalue weighted by Gasteiger charge is 2.22. The standard InChI is InChI=1S/C18H16O2/c1-3-12(2)18(19)20-17-10-6-9-15-14-8-5-4-7-13(14)11-16(15)17/h3-10H,11H2,1-2H3. The Morgan fingerprint density at radius 2 is 1.85 bits per heavy atom. The molecule has 2 aromatic rings. The van der Waals surface area contributed by atoms with Gasteiger partial charge in [-0.1, -0.05) is 42.5 Å². The van der Waals surface area contributed by atoms with Gasteiger partial charge in [-0.15, -0.1) is 0 Å². The smallest absolute Gasteiger partial charge is 0.338 e. The minimum atomic E-state index is -0.281. The monoisotopic (exact) mass is 264 g/mol. The summed E-state index contributed by atoms with van der Waals surface area (Å²) in [7, 11) is 0. The van der Waals surface area contributed by atoms with Crippen LogP contribution in [0.2, 0.25) is 0 Å². The Morgan fingerprint density at radius 3 is 2.65 bits per heavy atom. The molecule has 0 spiro atoms. The lowest BCUT2D eigenvalue weighted by atomic mass is 10.1. The first-order valence-electron chi connectivity index (χ1n) is 6.76. The van der Waals surface area contributed by atoms with Gasteiger partial charge in [0, 0.05) is 17.6 Å². The number of esters is 1. The first-order chi connectivity index (χ1) is 9.70. The number of hydrogen-bond acceptors (Lipinski definition) is 2. The maximum atomic E-state index is 11.9. The molecule has 0 aromatic heterocycles. The number of fused-ring (bicyclic) bond motifs is 3. The predicted molar refractivity (Wildman–Crippen MR) is 79.8 cm³/mol. The summed E-state index contributed by atoms with van der Waals surface area (Å²) in [5.74, 6) is 0.391. The average Bonchev–Trinajstić information content (AvgIpc) is 2.86. The quantitative estimate of drug-likeness (QED) is 0.395. The van der Waals surface area contributed by atoms with Gasteiger partial charge in [0.1, 0.15) is 5.75 Å². The number of allylic oxidation sites excluding steroid dienone is 1. The van der Waals surface area contributed by atoms with Crippen LogP contribution in [-0.2, 0) is 11.2 Å². The molecule has 0 bridgehead atoms. The molecule has 0 amide bonds. The maximum Gasteiger partial charge on any atom is 0.338 e. The van der Waals surface area contributed by atoms with E-state index in [9.17, 15) is 4.79 Å². The Labute approximate surface area is 118 Å². The number of carbonyl (C=O) groups excluding carboxylic acids is 1. The molecule has 0 heterocycles. The molecule has 0 unspecified atom stereocenters. The molecule has 0 N–H and O–H groups in total. The summed E-state index contributed by atoms with van der Waals surface area (Å²) in [5.41, 5.74) is 5.42. The lowest BCUT2D eigenvalue weighted by Gasteiger charge is -2.09. The molecule has 2 nitrogen and oxygen atoms in total. The Morgan fingerprint density at radius 1 is 1.10 bits per heavy atom. The summed E-state index contributed by atoms with van der Waals surface area (Å²) >= 11 is 0. The lowest BCUT2D eigenvalue weighted by molar-refractivity contribution is -0.130. The Balaban J connectivity index is 1.99. The lowest BCUT2D eigenvalue weighted by Crippen LogP contribution is -2.10. The predicted octanol–water partition coefficient (Wildman–Crippen LogP) is 4.13. The Hall–Kier alpha value is -2.35. The highest BCUT2D eigenvalue weighted by molar-refractivity contribution is 5.90. The minimum Gasteiger partial charge on any atom is -0.423 e. The van der Waals surface area contributed by atoms with Gasteiger partial charge in [-0.25, -0.2) is 4.79 Å². The van der Waals surface area contributed by atoms with Gasteiger partial charge in [-0.2, -0.15) is 0 Å². The molecule has 100 valence electrons. The molecule has 3 rings (SSSR count). The Bertz CT molecular complexity index is 711. The molecular formula is C18H16O2. The van der Waals surface area contributed by atoms with Crippen LogP contribution >= 0.6 is 0 Å². The third-order valence-corrected chi connectivity index (χ3v) is 3.77. The van der Waals surface area contributed by atoms with Crippen LogP contribution < -0.4 is 4.74 Å². The van der Waals surface area contributed by atoms with E-state index in [1.54, 1.807) is 13.0 Å². The molecule has 0 saturated heterocycles. The average molecular weight is 264 g/mol. The molecule has 1 aliphatic rings. The van der Waals surface area contributed by atoms with Crippen molar-refractivity contribution in [3.63, 3.8) is 0 Å². The summed E-state index contributed by atoms with van der Waals surface area (Å²) in [6, 6.07) is 14.2. The molecule has 0 saturated carbocycles. The second-order valence-corrected chi connectivity index (χ2v) is 4.98. The van der Waals surface area contributed by atoms with Crippen molar-refractivity contribution in [1.82, 2.24) is 0 Å². The fraction of sp³-hybridized carbons (Fsp3) is 0.167. The van der Waals surface area contributed by atoms with Gasteiger partial charge in [0.2, 0.25) is 0 Å². The minimum absolute atomic E-state index is 0.281. The van der Waals surface area contributed by atoms with Crippen LogP contribution in [0.3, 0.4) is 0 Å². The SMILES string of the molecule is CC=C(C)C(=O)Oc1cccc2c1Cc1ccccc1-2. The summed E-state index contributed by atoms with van der Waals surface area (Å²) in [4.78, 5) is 11.9. The van der Waals surface area contributed by atoms with Gasteiger partial charge in [-0.3, -0.25) is 0 Å². The van der Waals surface area contributed by atoms with Gasteiger partial charge in [0.25, 0.3) is 0 Å². The second kappa shape index (κ2) is 4.97. The third kappa shape index (κ3) is 2.03. The van der Waals surface area contributed by atoms with Crippen LogP contribution in [0.4, 0.5) is 0 Å². The molecule has 0 aliphatic heterocycles. The van der Waals surface area contributed by atoms with E-state index in [1.807, 2.05) is 31.2 Å². The zero-order valence-electron chi connectivity index (χ0n) is 11.6. The van der Waals surface area contributed by atoms with Gasteiger partial charge < -0.3 is 4.74 Å². The van der Waals surface area contributed by atoms with Crippen molar-refractivity contribution in [1.29, 1.82) is 0 Å². The van der Waals surface area contributed by atoms with Crippen molar-refractivity contribution in [2.45, 2.75) is 20.3 Å². The number of rotatable bonds is 2. The van der Waals surface area contributed by atoms with Crippen molar-refractivity contribution in [2.75, 3.05) is 0 Å². The molecule has 2 heteroatoms. The fourth-order valence-corrected chi connectivity index (χ4v) is 2.52. The summed E-state index contributed by atoms with van der Waals surface area (Å²) in [6.07, 6.45) is 2.59. The van der Waals surface area contributed by atoms with Crippen LogP contribution in [0.15, 0.2) is 54.1 Å². The molecule has 0 fully saturated rings. The van der Waals surface area contributed by atoms with Gasteiger partial charge in [-0.05, 0) is 36.6 Å². The maximum absolute atomic E-state index is 11.9. The largest absolute Gasteiger partial charge is 0.423 e. The third-order valence-electron chi connectivity index (χ3n) is 3.77. The van der Waals surface area contributed by atoms with Gasteiger partial charge >= 0.3 is 5.97 Å². The molecule has 20 heavy (non-hydrogen) atoms. The number of ether oxygens (including phenoxy) is 1. The topological polar surface area (TPSA) is 26.3 Å². The van der Waals surface area contributed by atoms with Gasteiger partial charge in [0.15, 0.2) is 0 Å². The summed E-state index contributed by atoms with van der Waals surface area (Å²) in [5, 5.41) is 0. The first kappa shape index (κ1) is 12.7. The van der Waals surface area contributed by atoms with E-state index >= 15 is 0 Å². The fourth-order valence-electron chi connectivity index (χ4n) is 2.52. The zero-order chi connectivity index (χ0) is 14.1. The van der Waals surface area contributed by atoms with E-state index in [0.29, 0.717) is 11.3 Å². The Kier molecular flexibility index (Phi) is 3.15. The number of hydrogen-bond donors (Lipinski definition) is 0. The molecule has 2 aromatic carbocycles. The van der Waals surface area contributed by atoms with E-state index in [-0.39, 0.29) is 5.97 Å². The van der Waals surface area contributed by atoms with Crippen LogP contribution in [-0.4, -0.2) is 5.97 Å². The number of benzene rings is 2. The van der Waals surface area contributed by atoms with Crippen molar-refractivity contribution in [2.24, 2.45) is 0 Å². The summed E-state index contributed by atoms with van der Waals surface area (Å²) < 4.78 is 5.53. The van der Waals surface area contributed by atoms with Crippen LogP contribution in [0.1, 0.15) is 25.0 Å². The van der Waals surface area contributed by atoms with Gasteiger partial charge in [0.05, 0.1) is 0 Å². The summed E-state index contributed by atoms with van der Waals surface area (Å²) in [6.45, 7) is 3.60. The molecular weight excluding hydrogens is 248 g/mol. The second-order valence-electron chi connectivity index (χ2n) is 4.98. The normalized spacial score (nSPS) is 12.8. The van der Waals surface area contributed by atoms with E-state index in [1.165, 1.54) is 16.7 Å². The molecule has 0 atom stereocenters. The van der Waals surface area contributed by atoms with Crippen LogP contribution in [0.25, 0.3) is 11.1 Å². The highest BCUT2D eigenvalue weighted by atomic mass is 16.5. The van der Waals surface area contributed by atoms with Crippen molar-refractivity contribution in [3.8, 4) is 16.9 Å². The van der Waals surface area contributed by atoms with Crippen LogP contribution in [0, 0.1) is 0 Å².